The van der Waals surface area contributed by atoms with E-state index in [9.17, 15) is 15.3 Å². The van der Waals surface area contributed by atoms with Gasteiger partial charge >= 0.3 is 0 Å². The Hall–Kier alpha value is -3.26. The number of hydrogen-bond acceptors (Lipinski definition) is 6. The van der Waals surface area contributed by atoms with Gasteiger partial charge in [-0.1, -0.05) is 23.4 Å². The zero-order valence-corrected chi connectivity index (χ0v) is 15.4. The summed E-state index contributed by atoms with van der Waals surface area (Å²) < 4.78 is 5.36. The normalized spacial score (nSPS) is 10.2. The molecular formula is C19H12ClN4O2S+. The first-order chi connectivity index (χ1) is 13.0. The van der Waals surface area contributed by atoms with Crippen LogP contribution in [0, 0.1) is 22.7 Å². The van der Waals surface area contributed by atoms with Gasteiger partial charge in [0.2, 0.25) is 0 Å². The summed E-state index contributed by atoms with van der Waals surface area (Å²) in [7, 11) is 0. The minimum absolute atomic E-state index is 0.0791. The third-order valence-corrected chi connectivity index (χ3v) is 5.00. The van der Waals surface area contributed by atoms with E-state index in [1.807, 2.05) is 6.07 Å². The van der Waals surface area contributed by atoms with Crippen molar-refractivity contribution in [2.75, 3.05) is 11.5 Å². The van der Waals surface area contributed by atoms with E-state index < -0.39 is 0 Å². The molecule has 0 bridgehead atoms. The Kier molecular flexibility index (Phi) is 5.46. The molecule has 0 aliphatic heterocycles. The van der Waals surface area contributed by atoms with Gasteiger partial charge in [0.1, 0.15) is 23.5 Å². The second-order valence-electron chi connectivity index (χ2n) is 5.41. The van der Waals surface area contributed by atoms with E-state index in [4.69, 9.17) is 21.8 Å². The Bertz CT molecular complexity index is 1080. The van der Waals surface area contributed by atoms with Gasteiger partial charge in [-0.2, -0.15) is 10.5 Å². The monoisotopic (exact) mass is 395 g/mol. The number of hydrogen-bond donors (Lipinski definition) is 1. The van der Waals surface area contributed by atoms with Crippen LogP contribution < -0.4 is 10.7 Å². The van der Waals surface area contributed by atoms with Crippen molar-refractivity contribution in [2.45, 2.75) is 5.03 Å². The van der Waals surface area contributed by atoms with Gasteiger partial charge in [0.25, 0.3) is 5.82 Å². The SMILES string of the molecule is N#Cc1c(N)[nH+]c(SCC(=O)c2ccc(Cl)cc2)c(C#N)c1-c1ccco1. The third-order valence-electron chi connectivity index (χ3n) is 3.75. The summed E-state index contributed by atoms with van der Waals surface area (Å²) >= 11 is 6.97. The van der Waals surface area contributed by atoms with Crippen molar-refractivity contribution in [1.82, 2.24) is 0 Å². The number of aromatic amines is 1. The largest absolute Gasteiger partial charge is 0.464 e. The number of benzene rings is 1. The molecule has 3 rings (SSSR count). The summed E-state index contributed by atoms with van der Waals surface area (Å²) in [5.41, 5.74) is 7.09. The predicted octanol–water partition coefficient (Wildman–Crippen LogP) is 3.71. The van der Waals surface area contributed by atoms with Crippen LogP contribution >= 0.6 is 23.4 Å². The molecule has 0 fully saturated rings. The maximum atomic E-state index is 12.4. The average Bonchev–Trinajstić information content (AvgIpc) is 3.20. The predicted molar refractivity (Wildman–Crippen MR) is 101 cm³/mol. The van der Waals surface area contributed by atoms with Crippen molar-refractivity contribution in [3.05, 3.63) is 64.4 Å². The smallest absolute Gasteiger partial charge is 0.289 e. The van der Waals surface area contributed by atoms with Crippen LogP contribution in [0.15, 0.2) is 52.1 Å². The molecule has 3 aromatic rings. The zero-order chi connectivity index (χ0) is 19.4. The molecule has 0 amide bonds. The summed E-state index contributed by atoms with van der Waals surface area (Å²) in [6.45, 7) is 0. The van der Waals surface area contributed by atoms with Gasteiger partial charge in [0.15, 0.2) is 16.4 Å². The highest BCUT2D eigenvalue weighted by atomic mass is 35.5. The number of pyridine rings is 1. The van der Waals surface area contributed by atoms with Gasteiger partial charge < -0.3 is 4.42 Å². The van der Waals surface area contributed by atoms with Crippen LogP contribution in [0.3, 0.4) is 0 Å². The minimum atomic E-state index is -0.128. The molecule has 2 heterocycles. The molecule has 0 radical (unpaired) electrons. The van der Waals surface area contributed by atoms with Crippen LogP contribution in [-0.2, 0) is 0 Å². The standard InChI is InChI=1S/C19H11ClN4O2S/c20-12-5-3-11(4-6-12)15(25)10-27-19-14(9-22)17(16-2-1-7-26-16)13(8-21)18(23)24-19/h1-7H,10H2,(H2,23,24)/p+1. The highest BCUT2D eigenvalue weighted by Crippen LogP contribution is 2.34. The quantitative estimate of drug-likeness (QED) is 0.519. The number of rotatable bonds is 5. The molecule has 0 saturated carbocycles. The molecule has 0 spiro atoms. The number of furan rings is 1. The number of Topliss-reactive ketones (excluding diaryl/α,β-unsaturated/α-hetero) is 1. The van der Waals surface area contributed by atoms with Crippen LogP contribution in [0.4, 0.5) is 5.82 Å². The lowest BCUT2D eigenvalue weighted by Crippen LogP contribution is -2.19. The maximum absolute atomic E-state index is 12.4. The van der Waals surface area contributed by atoms with E-state index >= 15 is 0 Å². The zero-order valence-electron chi connectivity index (χ0n) is 13.8. The number of aromatic nitrogens is 1. The van der Waals surface area contributed by atoms with Crippen molar-refractivity contribution >= 4 is 35.0 Å². The van der Waals surface area contributed by atoms with Crippen molar-refractivity contribution < 1.29 is 14.2 Å². The van der Waals surface area contributed by atoms with Gasteiger partial charge in [-0.3, -0.25) is 10.5 Å². The molecular weight excluding hydrogens is 384 g/mol. The van der Waals surface area contributed by atoms with Gasteiger partial charge in [-0.05, 0) is 36.4 Å². The summed E-state index contributed by atoms with van der Waals surface area (Å²) in [6, 6.07) is 13.9. The highest BCUT2D eigenvalue weighted by molar-refractivity contribution is 7.99. The number of H-pyrrole nitrogens is 1. The topological polar surface area (TPSA) is 118 Å². The van der Waals surface area contributed by atoms with Gasteiger partial charge in [-0.15, -0.1) is 0 Å². The van der Waals surface area contributed by atoms with Crippen molar-refractivity contribution in [1.29, 1.82) is 10.5 Å². The first kappa shape index (κ1) is 18.5. The average molecular weight is 396 g/mol. The summed E-state index contributed by atoms with van der Waals surface area (Å²) in [5, 5.41) is 20.0. The molecule has 132 valence electrons. The summed E-state index contributed by atoms with van der Waals surface area (Å²) in [5.74, 6) is 0.408. The van der Waals surface area contributed by atoms with Crippen LogP contribution in [-0.4, -0.2) is 11.5 Å². The lowest BCUT2D eigenvalue weighted by Gasteiger charge is -2.08. The Balaban J connectivity index is 1.97. The lowest BCUT2D eigenvalue weighted by atomic mass is 10.0. The summed E-state index contributed by atoms with van der Waals surface area (Å²) in [6.07, 6.45) is 1.45. The lowest BCUT2D eigenvalue weighted by molar-refractivity contribution is -0.410. The molecule has 1 aromatic carbocycles. The van der Waals surface area contributed by atoms with E-state index in [0.29, 0.717) is 26.9 Å². The van der Waals surface area contributed by atoms with Crippen molar-refractivity contribution in [2.24, 2.45) is 0 Å². The second-order valence-corrected chi connectivity index (χ2v) is 6.83. The Morgan fingerprint density at radius 1 is 1.19 bits per heavy atom. The maximum Gasteiger partial charge on any atom is 0.289 e. The van der Waals surface area contributed by atoms with E-state index in [2.05, 4.69) is 11.1 Å². The van der Waals surface area contributed by atoms with E-state index in [1.54, 1.807) is 36.4 Å². The minimum Gasteiger partial charge on any atom is -0.464 e. The fourth-order valence-electron chi connectivity index (χ4n) is 2.48. The third kappa shape index (κ3) is 3.80. The van der Waals surface area contributed by atoms with Crippen molar-refractivity contribution in [3.63, 3.8) is 0 Å². The number of nitrogens with zero attached hydrogens (tertiary/aromatic N) is 2. The molecule has 0 unspecified atom stereocenters. The number of ketones is 1. The number of anilines is 1. The number of nitrogens with one attached hydrogen (secondary N) is 1. The number of nitrogen functional groups attached to an aromatic ring is 1. The van der Waals surface area contributed by atoms with E-state index in [1.165, 1.54) is 6.26 Å². The molecule has 27 heavy (non-hydrogen) atoms. The molecule has 0 saturated heterocycles. The first-order valence-electron chi connectivity index (χ1n) is 7.69. The van der Waals surface area contributed by atoms with Gasteiger partial charge in [-0.25, -0.2) is 4.98 Å². The number of halogens is 1. The second kappa shape index (κ2) is 7.96. The van der Waals surface area contributed by atoms with Crippen LogP contribution in [0.5, 0.6) is 0 Å². The summed E-state index contributed by atoms with van der Waals surface area (Å²) in [4.78, 5) is 15.2. The van der Waals surface area contributed by atoms with Gasteiger partial charge in [0.05, 0.1) is 17.6 Å². The fourth-order valence-corrected chi connectivity index (χ4v) is 3.52. The molecule has 0 atom stereocenters. The van der Waals surface area contributed by atoms with Gasteiger partial charge in [0, 0.05) is 10.6 Å². The Morgan fingerprint density at radius 3 is 2.48 bits per heavy atom. The van der Waals surface area contributed by atoms with Crippen LogP contribution in [0.25, 0.3) is 11.3 Å². The van der Waals surface area contributed by atoms with Crippen LogP contribution in [0.2, 0.25) is 5.02 Å². The molecule has 0 aliphatic carbocycles. The van der Waals surface area contributed by atoms with Crippen molar-refractivity contribution in [3.8, 4) is 23.5 Å². The molecule has 3 N–H and O–H groups in total. The van der Waals surface area contributed by atoms with Crippen LogP contribution in [0.1, 0.15) is 21.5 Å². The molecule has 6 nitrogen and oxygen atoms in total. The highest BCUT2D eigenvalue weighted by Gasteiger charge is 2.25. The van der Waals surface area contributed by atoms with E-state index in [0.717, 1.165) is 11.8 Å². The van der Waals surface area contributed by atoms with E-state index in [-0.39, 0.29) is 28.5 Å². The first-order valence-corrected chi connectivity index (χ1v) is 9.06. The number of thioether (sulfide) groups is 1. The fraction of sp³-hybridized carbons (Fsp3) is 0.0526. The number of carbonyl (C=O) groups excluding carboxylic acids is 1. The Morgan fingerprint density at radius 2 is 1.89 bits per heavy atom. The number of nitriles is 2. The number of carbonyl (C=O) groups is 1. The molecule has 8 heteroatoms. The number of nitrogens with two attached hydrogens (primary N) is 1. The molecule has 0 aliphatic rings. The molecule has 2 aromatic heterocycles. The Labute approximate surface area is 164 Å².